The zero-order valence-electron chi connectivity index (χ0n) is 12.9. The average Bonchev–Trinajstić information content (AvgIpc) is 3.15. The highest BCUT2D eigenvalue weighted by Gasteiger charge is 2.66. The fourth-order valence-corrected chi connectivity index (χ4v) is 3.89. The van der Waals surface area contributed by atoms with Gasteiger partial charge in [0.15, 0.2) is 5.69 Å². The van der Waals surface area contributed by atoms with Gasteiger partial charge in [-0.15, -0.1) is 0 Å². The summed E-state index contributed by atoms with van der Waals surface area (Å²) >= 11 is 0. The molecular formula is C17H11F3N2O3. The van der Waals surface area contributed by atoms with Crippen molar-refractivity contribution in [1.82, 2.24) is 0 Å². The van der Waals surface area contributed by atoms with Crippen molar-refractivity contribution in [2.45, 2.75) is 24.8 Å². The fraction of sp³-hybridized carbons (Fsp3) is 0.353. The van der Waals surface area contributed by atoms with Crippen LogP contribution in [0.3, 0.4) is 0 Å². The van der Waals surface area contributed by atoms with Gasteiger partial charge in [0.2, 0.25) is 11.8 Å². The number of fused-ring (bicyclic) bond motifs is 5. The molecule has 4 atom stereocenters. The highest BCUT2D eigenvalue weighted by atomic mass is 19.4. The number of amides is 2. The van der Waals surface area contributed by atoms with Crippen LogP contribution in [0.5, 0.6) is 0 Å². The summed E-state index contributed by atoms with van der Waals surface area (Å²) in [5, 5.41) is 0. The van der Waals surface area contributed by atoms with Gasteiger partial charge in [0.25, 0.3) is 0 Å². The van der Waals surface area contributed by atoms with E-state index in [2.05, 4.69) is 4.85 Å². The molecule has 5 nitrogen and oxygen atoms in total. The molecular weight excluding hydrogens is 337 g/mol. The lowest BCUT2D eigenvalue weighted by atomic mass is 9.78. The van der Waals surface area contributed by atoms with Gasteiger partial charge in [-0.25, -0.2) is 9.74 Å². The van der Waals surface area contributed by atoms with Gasteiger partial charge in [0.1, 0.15) is 0 Å². The molecule has 1 aromatic carbocycles. The van der Waals surface area contributed by atoms with Gasteiger partial charge >= 0.3 is 6.18 Å². The Bertz CT molecular complexity index is 886. The lowest BCUT2D eigenvalue weighted by Crippen LogP contribution is -2.38. The molecule has 3 aliphatic heterocycles. The van der Waals surface area contributed by atoms with E-state index >= 15 is 0 Å². The molecule has 128 valence electrons. The molecule has 0 spiro atoms. The van der Waals surface area contributed by atoms with E-state index in [1.54, 1.807) is 19.1 Å². The summed E-state index contributed by atoms with van der Waals surface area (Å²) in [6, 6.07) is 2.85. The molecule has 2 bridgehead atoms. The summed E-state index contributed by atoms with van der Waals surface area (Å²) in [6.45, 7) is 8.55. The van der Waals surface area contributed by atoms with Gasteiger partial charge in [-0.3, -0.25) is 9.59 Å². The summed E-state index contributed by atoms with van der Waals surface area (Å²) in [4.78, 5) is 29.1. The first-order chi connectivity index (χ1) is 11.7. The van der Waals surface area contributed by atoms with Crippen LogP contribution >= 0.6 is 0 Å². The summed E-state index contributed by atoms with van der Waals surface area (Å²) < 4.78 is 45.1. The molecule has 2 fully saturated rings. The predicted molar refractivity (Wildman–Crippen MR) is 79.6 cm³/mol. The molecule has 1 aromatic rings. The molecule has 8 heteroatoms. The van der Waals surface area contributed by atoms with E-state index in [1.807, 2.05) is 0 Å². The number of benzene rings is 1. The average molecular weight is 348 g/mol. The Morgan fingerprint density at radius 2 is 2.00 bits per heavy atom. The van der Waals surface area contributed by atoms with Crippen molar-refractivity contribution in [3.8, 4) is 0 Å². The normalized spacial score (nSPS) is 33.1. The Labute approximate surface area is 140 Å². The zero-order chi connectivity index (χ0) is 18.1. The van der Waals surface area contributed by atoms with Gasteiger partial charge in [0, 0.05) is 5.69 Å². The van der Waals surface area contributed by atoms with Crippen molar-refractivity contribution in [1.29, 1.82) is 0 Å². The van der Waals surface area contributed by atoms with E-state index in [0.29, 0.717) is 6.07 Å². The first-order valence-corrected chi connectivity index (χ1v) is 7.51. The second kappa shape index (κ2) is 4.70. The lowest BCUT2D eigenvalue weighted by molar-refractivity contribution is -0.137. The van der Waals surface area contributed by atoms with Crippen LogP contribution in [0.1, 0.15) is 12.5 Å². The maximum absolute atomic E-state index is 13.2. The Kier molecular flexibility index (Phi) is 2.98. The minimum atomic E-state index is -4.76. The Hall–Kier alpha value is -2.66. The van der Waals surface area contributed by atoms with E-state index in [0.717, 1.165) is 11.0 Å². The number of halogens is 3. The van der Waals surface area contributed by atoms with Gasteiger partial charge in [-0.2, -0.15) is 13.2 Å². The molecule has 0 aliphatic carbocycles. The van der Waals surface area contributed by atoms with Crippen LogP contribution in [0.15, 0.2) is 30.4 Å². The van der Waals surface area contributed by atoms with Crippen LogP contribution in [0.4, 0.5) is 24.5 Å². The minimum absolute atomic E-state index is 0.174. The van der Waals surface area contributed by atoms with Crippen molar-refractivity contribution in [3.63, 3.8) is 0 Å². The van der Waals surface area contributed by atoms with Gasteiger partial charge in [-0.1, -0.05) is 18.2 Å². The van der Waals surface area contributed by atoms with Crippen LogP contribution in [0, 0.1) is 18.4 Å². The van der Waals surface area contributed by atoms with E-state index in [1.165, 1.54) is 6.07 Å². The van der Waals surface area contributed by atoms with Crippen LogP contribution in [0.25, 0.3) is 4.85 Å². The number of carbonyl (C=O) groups excluding carboxylic acids is 2. The SMILES string of the molecule is [C-]#[N+]c1ccc(N2C(=O)[C@@H]3C4C=CC(C)(O4)[C@@H]3C2=O)cc1C(F)(F)F. The molecule has 0 radical (unpaired) electrons. The summed E-state index contributed by atoms with van der Waals surface area (Å²) in [7, 11) is 0. The molecule has 0 saturated carbocycles. The number of imide groups is 1. The molecule has 0 aromatic heterocycles. The monoisotopic (exact) mass is 348 g/mol. The number of carbonyl (C=O) groups is 2. The number of ether oxygens (including phenoxy) is 1. The second-order valence-corrected chi connectivity index (χ2v) is 6.45. The van der Waals surface area contributed by atoms with Gasteiger partial charge in [-0.05, 0) is 19.1 Å². The summed E-state index contributed by atoms with van der Waals surface area (Å²) in [5.74, 6) is -2.62. The Balaban J connectivity index is 1.79. The van der Waals surface area contributed by atoms with E-state index in [9.17, 15) is 22.8 Å². The molecule has 3 heterocycles. The first-order valence-electron chi connectivity index (χ1n) is 7.51. The van der Waals surface area contributed by atoms with Crippen LogP contribution in [-0.2, 0) is 20.5 Å². The fourth-order valence-electron chi connectivity index (χ4n) is 3.89. The summed E-state index contributed by atoms with van der Waals surface area (Å²) in [6.07, 6.45) is -1.87. The van der Waals surface area contributed by atoms with E-state index in [-0.39, 0.29) is 5.69 Å². The third kappa shape index (κ3) is 1.99. The maximum atomic E-state index is 13.2. The van der Waals surface area contributed by atoms with Crippen LogP contribution < -0.4 is 4.90 Å². The molecule has 2 saturated heterocycles. The zero-order valence-corrected chi connectivity index (χ0v) is 12.9. The molecule has 3 aliphatic rings. The van der Waals surface area contributed by atoms with E-state index < -0.39 is 52.8 Å². The predicted octanol–water partition coefficient (Wildman–Crippen LogP) is 3.09. The highest BCUT2D eigenvalue weighted by Crippen LogP contribution is 2.52. The number of rotatable bonds is 1. The quantitative estimate of drug-likeness (QED) is 0.445. The highest BCUT2D eigenvalue weighted by molar-refractivity contribution is 6.23. The van der Waals surface area contributed by atoms with Gasteiger partial charge < -0.3 is 4.74 Å². The number of nitrogens with zero attached hydrogens (tertiary/aromatic N) is 2. The van der Waals surface area contributed by atoms with Crippen LogP contribution in [0.2, 0.25) is 0 Å². The minimum Gasteiger partial charge on any atom is -0.362 e. The van der Waals surface area contributed by atoms with Crippen molar-refractivity contribution in [2.24, 2.45) is 11.8 Å². The van der Waals surface area contributed by atoms with Crippen molar-refractivity contribution in [2.75, 3.05) is 4.90 Å². The standard InChI is InChI=1S/C17H11F3N2O3/c1-16-6-5-11(25-16)12-13(16)15(24)22(14(12)23)8-3-4-10(21-2)9(7-8)17(18,19)20/h3-7,11-13H,1H3/t11?,12-,13+,16?/m1/s1. The Morgan fingerprint density at radius 1 is 1.28 bits per heavy atom. The number of alkyl halides is 3. The summed E-state index contributed by atoms with van der Waals surface area (Å²) in [5.41, 5.74) is -2.83. The van der Waals surface area contributed by atoms with E-state index in [4.69, 9.17) is 11.3 Å². The van der Waals surface area contributed by atoms with Gasteiger partial charge in [0.05, 0.1) is 35.7 Å². The number of anilines is 1. The molecule has 0 N–H and O–H groups in total. The number of hydrogen-bond donors (Lipinski definition) is 0. The third-order valence-electron chi connectivity index (χ3n) is 4.99. The van der Waals surface area contributed by atoms with Crippen molar-refractivity contribution >= 4 is 23.2 Å². The Morgan fingerprint density at radius 3 is 2.60 bits per heavy atom. The largest absolute Gasteiger partial charge is 0.407 e. The van der Waals surface area contributed by atoms with Crippen molar-refractivity contribution < 1.29 is 27.5 Å². The maximum Gasteiger partial charge on any atom is 0.407 e. The first kappa shape index (κ1) is 15.8. The van der Waals surface area contributed by atoms with Crippen LogP contribution in [-0.4, -0.2) is 23.5 Å². The smallest absolute Gasteiger partial charge is 0.362 e. The second-order valence-electron chi connectivity index (χ2n) is 6.45. The molecule has 25 heavy (non-hydrogen) atoms. The lowest BCUT2D eigenvalue weighted by Gasteiger charge is -2.24. The molecule has 4 rings (SSSR count). The number of hydrogen-bond acceptors (Lipinski definition) is 3. The third-order valence-corrected chi connectivity index (χ3v) is 4.99. The van der Waals surface area contributed by atoms with Crippen molar-refractivity contribution in [3.05, 3.63) is 47.3 Å². The molecule has 2 amide bonds. The topological polar surface area (TPSA) is 51.0 Å². The molecule has 2 unspecified atom stereocenters.